The zero-order valence-electron chi connectivity index (χ0n) is 14.1. The van der Waals surface area contributed by atoms with E-state index in [2.05, 4.69) is 20.1 Å². The Morgan fingerprint density at radius 3 is 1.35 bits per heavy atom. The van der Waals surface area contributed by atoms with Gasteiger partial charge in [0.2, 0.25) is 0 Å². The molecule has 0 saturated heterocycles. The van der Waals surface area contributed by atoms with Crippen LogP contribution in [-0.4, -0.2) is 0 Å². The highest BCUT2D eigenvalue weighted by Gasteiger charge is 1.94. The summed E-state index contributed by atoms with van der Waals surface area (Å²) in [6.07, 6.45) is 23.0. The van der Waals surface area contributed by atoms with E-state index in [-0.39, 0.29) is 0 Å². The fourth-order valence-electron chi connectivity index (χ4n) is 2.66. The van der Waals surface area contributed by atoms with E-state index in [4.69, 9.17) is 0 Å². The van der Waals surface area contributed by atoms with Crippen LogP contribution in [0.3, 0.4) is 0 Å². The lowest BCUT2D eigenvalue weighted by Gasteiger charge is -2.03. The first-order valence-corrected chi connectivity index (χ1v) is 9.02. The summed E-state index contributed by atoms with van der Waals surface area (Å²) < 4.78 is 0. The van der Waals surface area contributed by atoms with Gasteiger partial charge in [-0.05, 0) is 32.6 Å². The third-order valence-corrected chi connectivity index (χ3v) is 4.01. The lowest BCUT2D eigenvalue weighted by Crippen LogP contribution is -1.83. The molecule has 0 radical (unpaired) electrons. The molecule has 0 aliphatic heterocycles. The predicted molar refractivity (Wildman–Crippen MR) is 94.3 cm³/mol. The van der Waals surface area contributed by atoms with Crippen LogP contribution in [0.5, 0.6) is 0 Å². The van der Waals surface area contributed by atoms with Crippen molar-refractivity contribution in [3.8, 4) is 0 Å². The van der Waals surface area contributed by atoms with Gasteiger partial charge in [0.05, 0.1) is 0 Å². The minimum atomic E-state index is 1.20. The Morgan fingerprint density at radius 1 is 0.650 bits per heavy atom. The van der Waals surface area contributed by atoms with Gasteiger partial charge >= 0.3 is 0 Å². The van der Waals surface area contributed by atoms with Gasteiger partial charge in [-0.15, -0.1) is 13.2 Å². The number of hydrogen-bond donors (Lipinski definition) is 0. The molecule has 0 fully saturated rings. The summed E-state index contributed by atoms with van der Waals surface area (Å²) >= 11 is 0. The molecule has 0 aliphatic rings. The van der Waals surface area contributed by atoms with Gasteiger partial charge in [-0.1, -0.05) is 82.3 Å². The van der Waals surface area contributed by atoms with E-state index in [0.29, 0.717) is 0 Å². The molecule has 0 heterocycles. The van der Waals surface area contributed by atoms with Crippen LogP contribution in [0.1, 0.15) is 103 Å². The average Bonchev–Trinajstić information content (AvgIpc) is 2.43. The van der Waals surface area contributed by atoms with Crippen molar-refractivity contribution in [3.05, 3.63) is 24.8 Å². The molecule has 0 atom stereocenters. The molecule has 0 amide bonds. The minimum absolute atomic E-state index is 1.20. The smallest absolute Gasteiger partial charge is 0.0326 e. The molecule has 0 aliphatic carbocycles. The van der Waals surface area contributed by atoms with Crippen LogP contribution >= 0.6 is 0 Å². The van der Waals surface area contributed by atoms with E-state index >= 15 is 0 Å². The maximum atomic E-state index is 3.95. The lowest BCUT2D eigenvalue weighted by molar-refractivity contribution is 0.537. The summed E-state index contributed by atoms with van der Waals surface area (Å²) in [7, 11) is 0. The molecule has 0 saturated carbocycles. The molecule has 20 heavy (non-hydrogen) atoms. The predicted octanol–water partition coefficient (Wildman–Crippen LogP) is 7.60. The highest BCUT2D eigenvalue weighted by atomic mass is 14.0. The van der Waals surface area contributed by atoms with E-state index < -0.39 is 0 Å². The van der Waals surface area contributed by atoms with E-state index in [0.717, 1.165) is 0 Å². The molecule has 0 spiro atoms. The van der Waals surface area contributed by atoms with E-state index in [1.807, 2.05) is 6.08 Å². The summed E-state index contributed by atoms with van der Waals surface area (Å²) in [5.41, 5.74) is 1.34. The molecule has 0 rings (SSSR count). The fourth-order valence-corrected chi connectivity index (χ4v) is 2.66. The summed E-state index contributed by atoms with van der Waals surface area (Å²) in [5, 5.41) is 0. The van der Waals surface area contributed by atoms with Crippen molar-refractivity contribution in [2.24, 2.45) is 0 Å². The van der Waals surface area contributed by atoms with Crippen LogP contribution in [0.15, 0.2) is 24.8 Å². The highest BCUT2D eigenvalue weighted by molar-refractivity contribution is 4.86. The van der Waals surface area contributed by atoms with Crippen LogP contribution in [-0.2, 0) is 0 Å². The third kappa shape index (κ3) is 17.5. The van der Waals surface area contributed by atoms with Gasteiger partial charge in [0.1, 0.15) is 0 Å². The number of unbranched alkanes of at least 4 members (excludes halogenated alkanes) is 13. The first kappa shape index (κ1) is 19.5. The van der Waals surface area contributed by atoms with Gasteiger partial charge in [0, 0.05) is 0 Å². The summed E-state index contributed by atoms with van der Waals surface area (Å²) in [6.45, 7) is 9.86. The molecule has 118 valence electrons. The Morgan fingerprint density at radius 2 is 1.00 bits per heavy atom. The standard InChI is InChI=1S/C20H38/c1-4-5-6-7-8-9-10-11-12-13-14-15-16-17-18-19-20(2)3/h4H,1-2,5-19H2,3H3. The maximum Gasteiger partial charge on any atom is -0.0326 e. The molecule has 0 aromatic rings. The van der Waals surface area contributed by atoms with Crippen molar-refractivity contribution in [2.45, 2.75) is 103 Å². The van der Waals surface area contributed by atoms with Crippen molar-refractivity contribution in [1.29, 1.82) is 0 Å². The van der Waals surface area contributed by atoms with Gasteiger partial charge in [-0.3, -0.25) is 0 Å². The van der Waals surface area contributed by atoms with Crippen LogP contribution in [0.4, 0.5) is 0 Å². The van der Waals surface area contributed by atoms with E-state index in [1.165, 1.54) is 102 Å². The van der Waals surface area contributed by atoms with Gasteiger partial charge in [0.25, 0.3) is 0 Å². The molecule has 0 heteroatoms. The zero-order chi connectivity index (χ0) is 14.9. The van der Waals surface area contributed by atoms with Gasteiger partial charge in [-0.2, -0.15) is 0 Å². The van der Waals surface area contributed by atoms with E-state index in [9.17, 15) is 0 Å². The fraction of sp³-hybridized carbons (Fsp3) is 0.800. The van der Waals surface area contributed by atoms with Crippen molar-refractivity contribution >= 4 is 0 Å². The molecule has 0 aromatic heterocycles. The monoisotopic (exact) mass is 278 g/mol. The van der Waals surface area contributed by atoms with Crippen molar-refractivity contribution in [1.82, 2.24) is 0 Å². The first-order valence-electron chi connectivity index (χ1n) is 9.02. The number of rotatable bonds is 16. The largest absolute Gasteiger partial charge is 0.103 e. The Kier molecular flexibility index (Phi) is 16.1. The number of allylic oxidation sites excluding steroid dienone is 2. The topological polar surface area (TPSA) is 0 Å². The second-order valence-corrected chi connectivity index (χ2v) is 6.38. The molecular weight excluding hydrogens is 240 g/mol. The van der Waals surface area contributed by atoms with Crippen molar-refractivity contribution < 1.29 is 0 Å². The normalized spacial score (nSPS) is 10.7. The Hall–Kier alpha value is -0.520. The summed E-state index contributed by atoms with van der Waals surface area (Å²) in [5.74, 6) is 0. The maximum absolute atomic E-state index is 3.95. The van der Waals surface area contributed by atoms with Crippen molar-refractivity contribution in [3.63, 3.8) is 0 Å². The van der Waals surface area contributed by atoms with Crippen LogP contribution in [0.2, 0.25) is 0 Å². The lowest BCUT2D eigenvalue weighted by atomic mass is 10.0. The minimum Gasteiger partial charge on any atom is -0.103 e. The molecule has 0 bridgehead atoms. The first-order chi connectivity index (χ1) is 9.77. The van der Waals surface area contributed by atoms with Gasteiger partial charge in [0.15, 0.2) is 0 Å². The van der Waals surface area contributed by atoms with Gasteiger partial charge < -0.3 is 0 Å². The van der Waals surface area contributed by atoms with Crippen molar-refractivity contribution in [2.75, 3.05) is 0 Å². The SMILES string of the molecule is C=CCCCCCCCCCCCCCCCC(=C)C. The molecule has 0 N–H and O–H groups in total. The van der Waals surface area contributed by atoms with Crippen LogP contribution in [0.25, 0.3) is 0 Å². The summed E-state index contributed by atoms with van der Waals surface area (Å²) in [4.78, 5) is 0. The third-order valence-electron chi connectivity index (χ3n) is 4.01. The summed E-state index contributed by atoms with van der Waals surface area (Å²) in [6, 6.07) is 0. The Bertz CT molecular complexity index is 214. The zero-order valence-corrected chi connectivity index (χ0v) is 14.1. The van der Waals surface area contributed by atoms with E-state index in [1.54, 1.807) is 0 Å². The average molecular weight is 279 g/mol. The second-order valence-electron chi connectivity index (χ2n) is 6.38. The number of hydrogen-bond acceptors (Lipinski definition) is 0. The van der Waals surface area contributed by atoms with Crippen LogP contribution in [0, 0.1) is 0 Å². The highest BCUT2D eigenvalue weighted by Crippen LogP contribution is 2.14. The Labute approximate surface area is 128 Å². The van der Waals surface area contributed by atoms with Crippen LogP contribution < -0.4 is 0 Å². The second kappa shape index (κ2) is 16.5. The van der Waals surface area contributed by atoms with Gasteiger partial charge in [-0.25, -0.2) is 0 Å². The molecular formula is C20H38. The molecule has 0 nitrogen and oxygen atoms in total. The molecule has 0 aromatic carbocycles. The quantitative estimate of drug-likeness (QED) is 0.201. The molecule has 0 unspecified atom stereocenters. The Balaban J connectivity index is 2.95.